The Kier molecular flexibility index (Phi) is 3.07. The van der Waals surface area contributed by atoms with Crippen LogP contribution in [0, 0.1) is 6.92 Å². The summed E-state index contributed by atoms with van der Waals surface area (Å²) in [5.41, 5.74) is 8.35. The van der Waals surface area contributed by atoms with Crippen LogP contribution in [0.5, 0.6) is 0 Å². The fraction of sp³-hybridized carbons (Fsp3) is 0.0909. The number of hydrogen-bond acceptors (Lipinski definition) is 2. The van der Waals surface area contributed by atoms with E-state index in [1.54, 1.807) is 0 Å². The summed E-state index contributed by atoms with van der Waals surface area (Å²) in [4.78, 5) is 0.392. The molecule has 0 atom stereocenters. The van der Waals surface area contributed by atoms with Crippen LogP contribution >= 0.6 is 28.1 Å². The lowest BCUT2D eigenvalue weighted by molar-refractivity contribution is 0.858. The van der Waals surface area contributed by atoms with Gasteiger partial charge in [0.25, 0.3) is 0 Å². The molecule has 0 aliphatic heterocycles. The number of nitrogens with zero attached hydrogens (tertiary/aromatic N) is 2. The average molecular weight is 296 g/mol. The number of aryl methyl sites for hydroxylation is 1. The lowest BCUT2D eigenvalue weighted by Gasteiger charge is -2.06. The van der Waals surface area contributed by atoms with E-state index >= 15 is 0 Å². The second-order valence-corrected chi connectivity index (χ2v) is 4.73. The maximum absolute atomic E-state index is 5.56. The fourth-order valence-electron chi connectivity index (χ4n) is 1.40. The Morgan fingerprint density at radius 3 is 2.69 bits per heavy atom. The van der Waals surface area contributed by atoms with Crippen molar-refractivity contribution in [2.24, 2.45) is 5.73 Å². The number of rotatable bonds is 2. The Balaban J connectivity index is 2.47. The molecule has 2 aromatic rings. The van der Waals surface area contributed by atoms with E-state index in [4.69, 9.17) is 18.0 Å². The molecule has 0 unspecified atom stereocenters. The molecule has 5 heteroatoms. The van der Waals surface area contributed by atoms with Gasteiger partial charge in [-0.3, -0.25) is 0 Å². The monoisotopic (exact) mass is 295 g/mol. The zero-order valence-electron chi connectivity index (χ0n) is 8.64. The van der Waals surface area contributed by atoms with E-state index in [0.717, 1.165) is 21.4 Å². The summed E-state index contributed by atoms with van der Waals surface area (Å²) in [5, 5.41) is 4.34. The Hall–Kier alpha value is -1.20. The first-order valence-electron chi connectivity index (χ1n) is 4.70. The number of halogens is 1. The summed E-state index contributed by atoms with van der Waals surface area (Å²) in [5.74, 6) is 0. The lowest BCUT2D eigenvalue weighted by atomic mass is 10.2. The average Bonchev–Trinajstić information content (AvgIpc) is 2.64. The predicted molar refractivity (Wildman–Crippen MR) is 71.9 cm³/mol. The van der Waals surface area contributed by atoms with Crippen molar-refractivity contribution in [3.8, 4) is 5.69 Å². The van der Waals surface area contributed by atoms with Gasteiger partial charge in [0.2, 0.25) is 0 Å². The smallest absolute Gasteiger partial charge is 0.104 e. The summed E-state index contributed by atoms with van der Waals surface area (Å²) in [6, 6.07) is 7.67. The van der Waals surface area contributed by atoms with Gasteiger partial charge in [-0.1, -0.05) is 12.2 Å². The minimum atomic E-state index is 0.392. The standard InChI is InChI=1S/C11H10BrN3S/c1-7-4-5-15(14-7)10-3-2-8(11(13)16)6-9(10)12/h2-6H,1H3,(H2,13,16). The second kappa shape index (κ2) is 4.35. The maximum Gasteiger partial charge on any atom is 0.104 e. The molecule has 1 aromatic carbocycles. The Morgan fingerprint density at radius 2 is 2.19 bits per heavy atom. The highest BCUT2D eigenvalue weighted by atomic mass is 79.9. The van der Waals surface area contributed by atoms with Gasteiger partial charge in [0, 0.05) is 16.2 Å². The van der Waals surface area contributed by atoms with Crippen LogP contribution in [0.15, 0.2) is 34.9 Å². The first-order valence-corrected chi connectivity index (χ1v) is 5.90. The molecule has 0 saturated carbocycles. The van der Waals surface area contributed by atoms with Crippen molar-refractivity contribution in [2.75, 3.05) is 0 Å². The molecule has 0 fully saturated rings. The first kappa shape index (κ1) is 11.3. The van der Waals surface area contributed by atoms with E-state index in [9.17, 15) is 0 Å². The van der Waals surface area contributed by atoms with Crippen molar-refractivity contribution in [3.63, 3.8) is 0 Å². The largest absolute Gasteiger partial charge is 0.389 e. The van der Waals surface area contributed by atoms with Crippen LogP contribution < -0.4 is 5.73 Å². The van der Waals surface area contributed by atoms with Crippen LogP contribution in [-0.2, 0) is 0 Å². The third kappa shape index (κ3) is 2.15. The molecule has 1 heterocycles. The minimum Gasteiger partial charge on any atom is -0.389 e. The van der Waals surface area contributed by atoms with Crippen LogP contribution in [0.2, 0.25) is 0 Å². The van der Waals surface area contributed by atoms with E-state index in [0.29, 0.717) is 4.99 Å². The van der Waals surface area contributed by atoms with Crippen molar-refractivity contribution in [1.29, 1.82) is 0 Å². The quantitative estimate of drug-likeness (QED) is 0.866. The zero-order valence-corrected chi connectivity index (χ0v) is 11.0. The highest BCUT2D eigenvalue weighted by Crippen LogP contribution is 2.22. The van der Waals surface area contributed by atoms with Crippen LogP contribution in [0.25, 0.3) is 5.69 Å². The molecule has 2 rings (SSSR count). The summed E-state index contributed by atoms with van der Waals surface area (Å²) >= 11 is 8.41. The Morgan fingerprint density at radius 1 is 1.44 bits per heavy atom. The third-order valence-corrected chi connectivity index (χ3v) is 3.07. The summed E-state index contributed by atoms with van der Waals surface area (Å²) < 4.78 is 2.73. The Labute approximate surface area is 107 Å². The molecule has 82 valence electrons. The number of aromatic nitrogens is 2. The van der Waals surface area contributed by atoms with Crippen molar-refractivity contribution < 1.29 is 0 Å². The molecule has 16 heavy (non-hydrogen) atoms. The van der Waals surface area contributed by atoms with Crippen LogP contribution in [-0.4, -0.2) is 14.8 Å². The highest BCUT2D eigenvalue weighted by Gasteiger charge is 2.05. The number of hydrogen-bond donors (Lipinski definition) is 1. The van der Waals surface area contributed by atoms with Crippen molar-refractivity contribution in [3.05, 3.63) is 46.2 Å². The molecule has 0 spiro atoms. The third-order valence-electron chi connectivity index (χ3n) is 2.20. The van der Waals surface area contributed by atoms with Gasteiger partial charge in [-0.15, -0.1) is 0 Å². The van der Waals surface area contributed by atoms with Gasteiger partial charge < -0.3 is 5.73 Å². The van der Waals surface area contributed by atoms with Gasteiger partial charge in [-0.2, -0.15) is 5.10 Å². The SMILES string of the molecule is Cc1ccn(-c2ccc(C(N)=S)cc2Br)n1. The van der Waals surface area contributed by atoms with Gasteiger partial charge in [0.15, 0.2) is 0 Å². The molecule has 2 N–H and O–H groups in total. The summed E-state index contributed by atoms with van der Waals surface area (Å²) in [6.45, 7) is 1.95. The summed E-state index contributed by atoms with van der Waals surface area (Å²) in [6.07, 6.45) is 1.91. The molecule has 0 bridgehead atoms. The lowest BCUT2D eigenvalue weighted by Crippen LogP contribution is -2.09. The number of benzene rings is 1. The van der Waals surface area contributed by atoms with E-state index in [2.05, 4.69) is 21.0 Å². The fourth-order valence-corrected chi connectivity index (χ4v) is 2.08. The molecule has 1 aromatic heterocycles. The van der Waals surface area contributed by atoms with Gasteiger partial charge in [-0.05, 0) is 47.1 Å². The summed E-state index contributed by atoms with van der Waals surface area (Å²) in [7, 11) is 0. The van der Waals surface area contributed by atoms with Crippen LogP contribution in [0.4, 0.5) is 0 Å². The van der Waals surface area contributed by atoms with E-state index in [1.165, 1.54) is 0 Å². The number of nitrogens with two attached hydrogens (primary N) is 1. The van der Waals surface area contributed by atoms with E-state index < -0.39 is 0 Å². The van der Waals surface area contributed by atoms with E-state index in [-0.39, 0.29) is 0 Å². The predicted octanol–water partition coefficient (Wildman–Crippen LogP) is 2.58. The molecule has 0 saturated heterocycles. The van der Waals surface area contributed by atoms with Crippen LogP contribution in [0.1, 0.15) is 11.3 Å². The van der Waals surface area contributed by atoms with Crippen molar-refractivity contribution in [2.45, 2.75) is 6.92 Å². The molecule has 0 aliphatic rings. The molecule has 0 radical (unpaired) electrons. The Bertz CT molecular complexity index is 548. The van der Waals surface area contributed by atoms with Crippen molar-refractivity contribution in [1.82, 2.24) is 9.78 Å². The molecule has 0 aliphatic carbocycles. The van der Waals surface area contributed by atoms with Gasteiger partial charge in [-0.25, -0.2) is 4.68 Å². The van der Waals surface area contributed by atoms with Gasteiger partial charge in [0.05, 0.1) is 11.4 Å². The molecule has 3 nitrogen and oxygen atoms in total. The maximum atomic E-state index is 5.56. The highest BCUT2D eigenvalue weighted by molar-refractivity contribution is 9.10. The topological polar surface area (TPSA) is 43.8 Å². The minimum absolute atomic E-state index is 0.392. The first-order chi connectivity index (χ1) is 7.58. The second-order valence-electron chi connectivity index (χ2n) is 3.43. The molecular formula is C11H10BrN3S. The van der Waals surface area contributed by atoms with Crippen molar-refractivity contribution >= 4 is 33.1 Å². The molecular weight excluding hydrogens is 286 g/mol. The van der Waals surface area contributed by atoms with Crippen LogP contribution in [0.3, 0.4) is 0 Å². The molecule has 0 amide bonds. The normalized spacial score (nSPS) is 10.4. The van der Waals surface area contributed by atoms with Gasteiger partial charge in [0.1, 0.15) is 4.99 Å². The van der Waals surface area contributed by atoms with E-state index in [1.807, 2.05) is 42.1 Å². The van der Waals surface area contributed by atoms with Gasteiger partial charge >= 0.3 is 0 Å². The number of thiocarbonyl (C=S) groups is 1. The zero-order chi connectivity index (χ0) is 11.7.